The molecule has 4 aliphatic rings. The predicted octanol–water partition coefficient (Wildman–Crippen LogP) is 5.73. The number of benzene rings is 2. The van der Waals surface area contributed by atoms with Crippen LogP contribution in [0.1, 0.15) is 70.9 Å². The van der Waals surface area contributed by atoms with Gasteiger partial charge in [-0.1, -0.05) is 60.7 Å². The van der Waals surface area contributed by atoms with Gasteiger partial charge in [0.25, 0.3) is 5.91 Å². The van der Waals surface area contributed by atoms with E-state index in [1.165, 1.54) is 36.8 Å². The highest BCUT2D eigenvalue weighted by Crippen LogP contribution is 2.53. The van der Waals surface area contributed by atoms with Crippen LogP contribution in [0.25, 0.3) is 0 Å². The zero-order valence-electron chi connectivity index (χ0n) is 26.8. The molecule has 2 aromatic carbocycles. The van der Waals surface area contributed by atoms with Crippen LogP contribution in [0.3, 0.4) is 0 Å². The van der Waals surface area contributed by atoms with Crippen LogP contribution in [-0.2, 0) is 32.0 Å². The van der Waals surface area contributed by atoms with Crippen molar-refractivity contribution in [3.05, 3.63) is 95.3 Å². The van der Waals surface area contributed by atoms with Gasteiger partial charge in [-0.15, -0.1) is 10.2 Å². The first-order valence-corrected chi connectivity index (χ1v) is 16.2. The number of carbonyl (C=O) groups excluding carboxylic acids is 2. The molecular weight excluding hydrogens is 582 g/mol. The molecule has 4 aliphatic carbocycles. The first kappa shape index (κ1) is 31.4. The van der Waals surface area contributed by atoms with Crippen molar-refractivity contribution in [2.24, 2.45) is 37.8 Å². The van der Waals surface area contributed by atoms with Crippen molar-refractivity contribution in [2.75, 3.05) is 6.61 Å². The van der Waals surface area contributed by atoms with E-state index in [1.807, 2.05) is 67.7 Å². The van der Waals surface area contributed by atoms with Crippen LogP contribution in [-0.4, -0.2) is 44.1 Å². The maximum Gasteiger partial charge on any atom is 0.345 e. The molecule has 2 heterocycles. The SMILES string of the molecule is CCOC(=O)c1cn(C)nc1OCc1ccccc1.Cn1cc(C(=O)NC2C3CC4CC(C3)CC2C4)c(OCc2ccccc2)n1. The Labute approximate surface area is 270 Å². The fraction of sp³-hybridized carbons (Fsp3) is 0.444. The van der Waals surface area contributed by atoms with Crippen molar-refractivity contribution >= 4 is 11.9 Å². The number of ether oxygens (including phenoxy) is 3. The highest BCUT2D eigenvalue weighted by atomic mass is 16.5. The molecule has 10 nitrogen and oxygen atoms in total. The van der Waals surface area contributed by atoms with E-state index in [2.05, 4.69) is 15.5 Å². The number of rotatable bonds is 10. The Morgan fingerprint density at radius 2 is 1.22 bits per heavy atom. The second-order valence-electron chi connectivity index (χ2n) is 12.7. The molecule has 1 N–H and O–H groups in total. The van der Waals surface area contributed by atoms with E-state index in [0.29, 0.717) is 60.6 Å². The summed E-state index contributed by atoms with van der Waals surface area (Å²) in [5, 5.41) is 11.8. The highest BCUT2D eigenvalue weighted by Gasteiger charge is 2.48. The molecule has 4 bridgehead atoms. The number of esters is 1. The summed E-state index contributed by atoms with van der Waals surface area (Å²) < 4.78 is 19.6. The van der Waals surface area contributed by atoms with Crippen molar-refractivity contribution in [1.82, 2.24) is 24.9 Å². The van der Waals surface area contributed by atoms with Gasteiger partial charge >= 0.3 is 5.97 Å². The van der Waals surface area contributed by atoms with E-state index in [1.54, 1.807) is 31.0 Å². The lowest BCUT2D eigenvalue weighted by atomic mass is 9.54. The van der Waals surface area contributed by atoms with Crippen molar-refractivity contribution < 1.29 is 23.8 Å². The van der Waals surface area contributed by atoms with Crippen LogP contribution >= 0.6 is 0 Å². The maximum absolute atomic E-state index is 13.0. The number of nitrogens with one attached hydrogen (secondary N) is 1. The molecule has 8 rings (SSSR count). The summed E-state index contributed by atoms with van der Waals surface area (Å²) in [5.74, 6) is 3.40. The molecule has 46 heavy (non-hydrogen) atoms. The standard InChI is InChI=1S/C22H27N3O2.C14H16N2O3/c1-25-12-19(22(24-25)27-13-14-5-3-2-4-6-14)21(26)23-20-17-8-15-7-16(10-17)11-18(20)9-15;1-3-18-14(17)12-9-16(2)15-13(12)19-10-11-7-5-4-6-8-11/h2-6,12,15-18,20H,7-11,13H2,1H3,(H,23,26);4-9H,3,10H2,1-2H3. The van der Waals surface area contributed by atoms with Crippen molar-refractivity contribution in [3.8, 4) is 11.8 Å². The monoisotopic (exact) mass is 625 g/mol. The smallest absolute Gasteiger partial charge is 0.345 e. The average molecular weight is 626 g/mol. The van der Waals surface area contributed by atoms with E-state index in [9.17, 15) is 9.59 Å². The van der Waals surface area contributed by atoms with Gasteiger partial charge in [-0.25, -0.2) is 4.79 Å². The number of carbonyl (C=O) groups is 2. The van der Waals surface area contributed by atoms with Gasteiger partial charge in [0.05, 0.1) is 6.61 Å². The third-order valence-corrected chi connectivity index (χ3v) is 9.29. The minimum absolute atomic E-state index is 0.0383. The summed E-state index contributed by atoms with van der Waals surface area (Å²) in [6.45, 7) is 2.87. The van der Waals surface area contributed by atoms with Gasteiger partial charge in [-0.3, -0.25) is 14.2 Å². The van der Waals surface area contributed by atoms with Crippen LogP contribution in [0, 0.1) is 23.7 Å². The second kappa shape index (κ2) is 14.2. The summed E-state index contributed by atoms with van der Waals surface area (Å²) >= 11 is 0. The topological polar surface area (TPSA) is 110 Å². The van der Waals surface area contributed by atoms with Crippen molar-refractivity contribution in [1.29, 1.82) is 0 Å². The van der Waals surface area contributed by atoms with Gasteiger partial charge in [-0.05, 0) is 73.8 Å². The molecule has 0 spiro atoms. The summed E-state index contributed by atoms with van der Waals surface area (Å²) in [6.07, 6.45) is 9.97. The number of aromatic nitrogens is 4. The van der Waals surface area contributed by atoms with Crippen molar-refractivity contribution in [2.45, 2.75) is 58.3 Å². The van der Waals surface area contributed by atoms with Crippen LogP contribution in [0.5, 0.6) is 11.8 Å². The Kier molecular flexibility index (Phi) is 9.71. The Morgan fingerprint density at radius 1 is 0.739 bits per heavy atom. The molecule has 0 atom stereocenters. The van der Waals surface area contributed by atoms with E-state index >= 15 is 0 Å². The first-order chi connectivity index (χ1) is 22.4. The van der Waals surface area contributed by atoms with Crippen LogP contribution in [0.4, 0.5) is 0 Å². The van der Waals surface area contributed by atoms with E-state index in [0.717, 1.165) is 23.0 Å². The molecule has 0 saturated heterocycles. The molecule has 4 aromatic rings. The molecule has 4 fully saturated rings. The first-order valence-electron chi connectivity index (χ1n) is 16.2. The Hall–Kier alpha value is -4.60. The number of amides is 1. The Bertz CT molecular complexity index is 1590. The lowest BCUT2D eigenvalue weighted by Crippen LogP contribution is -2.55. The molecule has 1 amide bonds. The molecule has 4 saturated carbocycles. The average Bonchev–Trinajstić information content (AvgIpc) is 3.63. The number of aryl methyl sites for hydroxylation is 2. The zero-order chi connectivity index (χ0) is 32.0. The molecular formula is C36H43N5O5. The normalized spacial score (nSPS) is 22.5. The largest absolute Gasteiger partial charge is 0.471 e. The summed E-state index contributed by atoms with van der Waals surface area (Å²) in [6, 6.07) is 20.0. The van der Waals surface area contributed by atoms with Gasteiger partial charge in [0.1, 0.15) is 24.3 Å². The molecule has 0 radical (unpaired) electrons. The van der Waals surface area contributed by atoms with E-state index in [4.69, 9.17) is 14.2 Å². The fourth-order valence-corrected chi connectivity index (χ4v) is 7.50. The second-order valence-corrected chi connectivity index (χ2v) is 12.7. The molecule has 2 aromatic heterocycles. The summed E-state index contributed by atoms with van der Waals surface area (Å²) in [5.41, 5.74) is 2.97. The van der Waals surface area contributed by atoms with Gasteiger partial charge < -0.3 is 19.5 Å². The molecule has 0 unspecified atom stereocenters. The maximum atomic E-state index is 13.0. The molecule has 242 valence electrons. The van der Waals surface area contributed by atoms with Gasteiger partial charge in [-0.2, -0.15) is 0 Å². The third kappa shape index (κ3) is 7.43. The van der Waals surface area contributed by atoms with Gasteiger partial charge in [0, 0.05) is 32.5 Å². The molecule has 10 heteroatoms. The van der Waals surface area contributed by atoms with Gasteiger partial charge in [0.15, 0.2) is 0 Å². The third-order valence-electron chi connectivity index (χ3n) is 9.29. The predicted molar refractivity (Wildman–Crippen MR) is 172 cm³/mol. The van der Waals surface area contributed by atoms with Crippen LogP contribution in [0.15, 0.2) is 73.1 Å². The minimum Gasteiger partial charge on any atom is -0.471 e. The lowest BCUT2D eigenvalue weighted by molar-refractivity contribution is -0.0120. The number of nitrogens with zero attached hydrogens (tertiary/aromatic N) is 4. The van der Waals surface area contributed by atoms with E-state index in [-0.39, 0.29) is 5.91 Å². The summed E-state index contributed by atoms with van der Waals surface area (Å²) in [4.78, 5) is 24.8. The fourth-order valence-electron chi connectivity index (χ4n) is 7.50. The van der Waals surface area contributed by atoms with Crippen LogP contribution in [0.2, 0.25) is 0 Å². The Balaban J connectivity index is 0.000000173. The highest BCUT2D eigenvalue weighted by molar-refractivity contribution is 5.96. The van der Waals surface area contributed by atoms with Crippen LogP contribution < -0.4 is 14.8 Å². The zero-order valence-corrected chi connectivity index (χ0v) is 26.8. The minimum atomic E-state index is -0.418. The lowest BCUT2D eigenvalue weighted by Gasteiger charge is -2.54. The van der Waals surface area contributed by atoms with Gasteiger partial charge in [0.2, 0.25) is 11.8 Å². The number of hydrogen-bond acceptors (Lipinski definition) is 7. The quantitative estimate of drug-likeness (QED) is 0.224. The molecule has 0 aliphatic heterocycles. The number of hydrogen-bond donors (Lipinski definition) is 1. The van der Waals surface area contributed by atoms with Crippen molar-refractivity contribution in [3.63, 3.8) is 0 Å². The summed E-state index contributed by atoms with van der Waals surface area (Å²) in [7, 11) is 3.56. The Morgan fingerprint density at radius 3 is 1.72 bits per heavy atom. The van der Waals surface area contributed by atoms with E-state index < -0.39 is 5.97 Å².